The minimum atomic E-state index is -0.822. The molecule has 2 atom stereocenters. The zero-order chi connectivity index (χ0) is 16.3. The molecule has 1 aromatic heterocycles. The van der Waals surface area contributed by atoms with Gasteiger partial charge in [0.25, 0.3) is 0 Å². The number of carboxylic acid groups (broad SMARTS) is 1. The Morgan fingerprint density at radius 3 is 3.04 bits per heavy atom. The lowest BCUT2D eigenvalue weighted by atomic mass is 9.70. The van der Waals surface area contributed by atoms with E-state index < -0.39 is 11.4 Å². The second-order valence-corrected chi connectivity index (χ2v) is 6.50. The first-order valence-corrected chi connectivity index (χ1v) is 8.26. The highest BCUT2D eigenvalue weighted by molar-refractivity contribution is 5.80. The van der Waals surface area contributed by atoms with Crippen molar-refractivity contribution < 1.29 is 14.7 Å². The molecule has 1 amide bonds. The van der Waals surface area contributed by atoms with E-state index in [1.165, 1.54) is 0 Å². The molecule has 2 aliphatic rings. The molecule has 0 aromatic carbocycles. The van der Waals surface area contributed by atoms with Gasteiger partial charge in [-0.25, -0.2) is 0 Å². The van der Waals surface area contributed by atoms with E-state index in [9.17, 15) is 14.7 Å². The van der Waals surface area contributed by atoms with Gasteiger partial charge < -0.3 is 15.3 Å². The smallest absolute Gasteiger partial charge is 0.313 e. The summed E-state index contributed by atoms with van der Waals surface area (Å²) in [5.74, 6) is -0.753. The number of hydrogen-bond donors (Lipinski definition) is 2. The Morgan fingerprint density at radius 1 is 1.43 bits per heavy atom. The van der Waals surface area contributed by atoms with Gasteiger partial charge in [0, 0.05) is 37.4 Å². The Bertz CT molecular complexity index is 578. The number of aromatic nitrogens is 1. The molecule has 0 radical (unpaired) electrons. The van der Waals surface area contributed by atoms with Crippen molar-refractivity contribution in [3.8, 4) is 0 Å². The Kier molecular flexibility index (Phi) is 4.61. The van der Waals surface area contributed by atoms with Crippen LogP contribution in [-0.4, -0.2) is 52.5 Å². The monoisotopic (exact) mass is 317 g/mol. The number of carboxylic acids is 1. The largest absolute Gasteiger partial charge is 0.481 e. The highest BCUT2D eigenvalue weighted by Crippen LogP contribution is 2.38. The number of carbonyl (C=O) groups excluding carboxylic acids is 1. The molecule has 2 fully saturated rings. The third-order valence-electron chi connectivity index (χ3n) is 5.12. The number of nitrogens with one attached hydrogen (secondary N) is 1. The van der Waals surface area contributed by atoms with E-state index in [1.807, 2.05) is 18.2 Å². The van der Waals surface area contributed by atoms with E-state index in [-0.39, 0.29) is 11.9 Å². The molecule has 0 aliphatic carbocycles. The summed E-state index contributed by atoms with van der Waals surface area (Å²) in [5, 5.41) is 13.1. The molecule has 2 aliphatic heterocycles. The normalized spacial score (nSPS) is 27.3. The Hall–Kier alpha value is -1.95. The fourth-order valence-electron chi connectivity index (χ4n) is 3.80. The molecular weight excluding hydrogens is 294 g/mol. The van der Waals surface area contributed by atoms with Crippen molar-refractivity contribution in [3.63, 3.8) is 0 Å². The van der Waals surface area contributed by atoms with Crippen LogP contribution in [0, 0.1) is 5.41 Å². The first-order valence-electron chi connectivity index (χ1n) is 8.26. The van der Waals surface area contributed by atoms with Crippen LogP contribution in [0.15, 0.2) is 24.4 Å². The standard InChI is InChI=1S/C17H23N3O3/c21-15(6-5-13-4-1-2-9-18-13)20-11-7-14-17(12-20,16(22)23)8-3-10-19-14/h1-2,4,9,14,19H,3,5-8,10-12H2,(H,22,23)/t14-,17+/m1/s1. The fourth-order valence-corrected chi connectivity index (χ4v) is 3.80. The summed E-state index contributed by atoms with van der Waals surface area (Å²) in [6.45, 7) is 1.82. The van der Waals surface area contributed by atoms with Crippen LogP contribution in [0.2, 0.25) is 0 Å². The van der Waals surface area contributed by atoms with Gasteiger partial charge in [-0.2, -0.15) is 0 Å². The Labute approximate surface area is 135 Å². The predicted molar refractivity (Wildman–Crippen MR) is 84.8 cm³/mol. The first-order chi connectivity index (χ1) is 11.1. The summed E-state index contributed by atoms with van der Waals surface area (Å²) < 4.78 is 0. The summed E-state index contributed by atoms with van der Waals surface area (Å²) in [6, 6.07) is 5.64. The molecule has 3 heterocycles. The molecule has 2 saturated heterocycles. The minimum Gasteiger partial charge on any atom is -0.481 e. The number of aliphatic carboxylic acids is 1. The molecule has 6 heteroatoms. The average Bonchev–Trinajstić information content (AvgIpc) is 2.60. The Balaban J connectivity index is 1.64. The van der Waals surface area contributed by atoms with Gasteiger partial charge in [-0.15, -0.1) is 0 Å². The molecule has 0 bridgehead atoms. The number of piperidine rings is 2. The van der Waals surface area contributed by atoms with Crippen LogP contribution in [0.25, 0.3) is 0 Å². The van der Waals surface area contributed by atoms with Crippen LogP contribution >= 0.6 is 0 Å². The van der Waals surface area contributed by atoms with Gasteiger partial charge in [-0.05, 0) is 44.4 Å². The van der Waals surface area contributed by atoms with Gasteiger partial charge in [0.15, 0.2) is 0 Å². The van der Waals surface area contributed by atoms with Crippen molar-refractivity contribution in [3.05, 3.63) is 30.1 Å². The van der Waals surface area contributed by atoms with E-state index in [0.29, 0.717) is 38.8 Å². The molecule has 2 N–H and O–H groups in total. The number of fused-ring (bicyclic) bond motifs is 1. The summed E-state index contributed by atoms with van der Waals surface area (Å²) in [7, 11) is 0. The first kappa shape index (κ1) is 15.9. The quantitative estimate of drug-likeness (QED) is 0.868. The van der Waals surface area contributed by atoms with Crippen LogP contribution in [-0.2, 0) is 16.0 Å². The fraction of sp³-hybridized carbons (Fsp3) is 0.588. The van der Waals surface area contributed by atoms with Crippen molar-refractivity contribution in [1.29, 1.82) is 0 Å². The second-order valence-electron chi connectivity index (χ2n) is 6.50. The van der Waals surface area contributed by atoms with E-state index in [4.69, 9.17) is 0 Å². The summed E-state index contributed by atoms with van der Waals surface area (Å²) in [5.41, 5.74) is 0.0694. The van der Waals surface area contributed by atoms with E-state index in [2.05, 4.69) is 10.3 Å². The lowest BCUT2D eigenvalue weighted by Crippen LogP contribution is -2.63. The van der Waals surface area contributed by atoms with Crippen LogP contribution in [0.5, 0.6) is 0 Å². The summed E-state index contributed by atoms with van der Waals surface area (Å²) in [4.78, 5) is 30.3. The number of likely N-dealkylation sites (tertiary alicyclic amines) is 1. The average molecular weight is 317 g/mol. The number of nitrogens with zero attached hydrogens (tertiary/aromatic N) is 2. The topological polar surface area (TPSA) is 82.5 Å². The lowest BCUT2D eigenvalue weighted by Gasteiger charge is -2.48. The molecule has 0 saturated carbocycles. The SMILES string of the molecule is O=C(CCc1ccccn1)N1CC[C@H]2NCCC[C@]2(C(=O)O)C1. The highest BCUT2D eigenvalue weighted by Gasteiger charge is 2.51. The number of aryl methyl sites for hydroxylation is 1. The second kappa shape index (κ2) is 6.66. The number of rotatable bonds is 4. The molecule has 0 spiro atoms. The van der Waals surface area contributed by atoms with Crippen molar-refractivity contribution in [2.75, 3.05) is 19.6 Å². The van der Waals surface area contributed by atoms with Crippen LogP contribution in [0.1, 0.15) is 31.4 Å². The molecule has 1 aromatic rings. The number of pyridine rings is 1. The third kappa shape index (κ3) is 3.22. The number of hydrogen-bond acceptors (Lipinski definition) is 4. The zero-order valence-electron chi connectivity index (χ0n) is 13.2. The van der Waals surface area contributed by atoms with Crippen LogP contribution < -0.4 is 5.32 Å². The van der Waals surface area contributed by atoms with Crippen molar-refractivity contribution in [2.24, 2.45) is 5.41 Å². The Morgan fingerprint density at radius 2 is 2.30 bits per heavy atom. The summed E-state index contributed by atoms with van der Waals surface area (Å²) >= 11 is 0. The van der Waals surface area contributed by atoms with Crippen LogP contribution in [0.4, 0.5) is 0 Å². The summed E-state index contributed by atoms with van der Waals surface area (Å²) in [6.07, 6.45) is 4.89. The predicted octanol–water partition coefficient (Wildman–Crippen LogP) is 1.07. The van der Waals surface area contributed by atoms with Crippen LogP contribution in [0.3, 0.4) is 0 Å². The molecule has 3 rings (SSSR count). The maximum Gasteiger partial charge on any atom is 0.313 e. The maximum absolute atomic E-state index is 12.5. The molecule has 23 heavy (non-hydrogen) atoms. The van der Waals surface area contributed by atoms with Gasteiger partial charge in [0.05, 0.1) is 0 Å². The van der Waals surface area contributed by atoms with Crippen molar-refractivity contribution >= 4 is 11.9 Å². The van der Waals surface area contributed by atoms with Crippen molar-refractivity contribution in [1.82, 2.24) is 15.2 Å². The van der Waals surface area contributed by atoms with E-state index >= 15 is 0 Å². The van der Waals surface area contributed by atoms with Gasteiger partial charge in [0.1, 0.15) is 5.41 Å². The highest BCUT2D eigenvalue weighted by atomic mass is 16.4. The lowest BCUT2D eigenvalue weighted by molar-refractivity contribution is -0.159. The van der Waals surface area contributed by atoms with Gasteiger partial charge in [-0.3, -0.25) is 14.6 Å². The van der Waals surface area contributed by atoms with E-state index in [0.717, 1.165) is 18.7 Å². The van der Waals surface area contributed by atoms with Gasteiger partial charge in [0.2, 0.25) is 5.91 Å². The molecular formula is C17H23N3O3. The molecule has 124 valence electrons. The number of carbonyl (C=O) groups is 2. The third-order valence-corrected chi connectivity index (χ3v) is 5.12. The zero-order valence-corrected chi connectivity index (χ0v) is 13.2. The van der Waals surface area contributed by atoms with Crippen molar-refractivity contribution in [2.45, 2.75) is 38.1 Å². The maximum atomic E-state index is 12.5. The van der Waals surface area contributed by atoms with Gasteiger partial charge >= 0.3 is 5.97 Å². The molecule has 6 nitrogen and oxygen atoms in total. The van der Waals surface area contributed by atoms with E-state index in [1.54, 1.807) is 11.1 Å². The number of amides is 1. The van der Waals surface area contributed by atoms with Gasteiger partial charge in [-0.1, -0.05) is 6.07 Å². The minimum absolute atomic E-state index is 0.0198. The molecule has 0 unspecified atom stereocenters.